The van der Waals surface area contributed by atoms with Gasteiger partial charge < -0.3 is 15.4 Å². The van der Waals surface area contributed by atoms with E-state index in [-0.39, 0.29) is 22.4 Å². The normalized spacial score (nSPS) is 13.2. The summed E-state index contributed by atoms with van der Waals surface area (Å²) in [6.45, 7) is 1.47. The number of ether oxygens (including phenoxy) is 1. The second-order valence-corrected chi connectivity index (χ2v) is 8.00. The summed E-state index contributed by atoms with van der Waals surface area (Å²) in [4.78, 5) is 50.4. The maximum atomic E-state index is 12.9. The molecule has 0 bridgehead atoms. The first-order valence-corrected chi connectivity index (χ1v) is 10.9. The molecule has 0 saturated heterocycles. The number of nitrogens with zero attached hydrogens (tertiary/aromatic N) is 1. The molecule has 9 heteroatoms. The highest BCUT2D eigenvalue weighted by atomic mass is 35.5. The molecule has 0 aliphatic carbocycles. The van der Waals surface area contributed by atoms with Gasteiger partial charge in [-0.25, -0.2) is 4.90 Å². The smallest absolute Gasteiger partial charge is 0.283 e. The molecule has 0 unspecified atom stereocenters. The molecule has 8 nitrogen and oxygen atoms in total. The molecule has 0 spiro atoms. The summed E-state index contributed by atoms with van der Waals surface area (Å²) in [5.74, 6) is -1.06. The number of carbonyl (C=O) groups is 4. The summed E-state index contributed by atoms with van der Waals surface area (Å²) < 4.78 is 5.10. The molecule has 0 fully saturated rings. The zero-order valence-corrected chi connectivity index (χ0v) is 19.6. The van der Waals surface area contributed by atoms with E-state index in [1.54, 1.807) is 72.8 Å². The third-order valence-electron chi connectivity index (χ3n) is 5.32. The van der Waals surface area contributed by atoms with Crippen molar-refractivity contribution in [2.24, 2.45) is 0 Å². The van der Waals surface area contributed by atoms with E-state index < -0.39 is 11.8 Å². The second kappa shape index (κ2) is 9.82. The van der Waals surface area contributed by atoms with Crippen LogP contribution in [0.4, 0.5) is 17.1 Å². The van der Waals surface area contributed by atoms with Crippen LogP contribution in [0.25, 0.3) is 0 Å². The first-order valence-electron chi connectivity index (χ1n) is 10.5. The van der Waals surface area contributed by atoms with Crippen molar-refractivity contribution < 1.29 is 23.9 Å². The Balaban J connectivity index is 1.44. The van der Waals surface area contributed by atoms with Gasteiger partial charge in [0.1, 0.15) is 16.5 Å². The third-order valence-corrected chi connectivity index (χ3v) is 5.67. The highest BCUT2D eigenvalue weighted by molar-refractivity contribution is 6.53. The molecule has 0 saturated carbocycles. The van der Waals surface area contributed by atoms with Crippen LogP contribution < -0.4 is 20.3 Å². The SMILES string of the molecule is COc1ccc(N2C(=O)C(Cl)=C(Nc3ccc(C(=O)Nc4ccc(C(C)=O)cc4)cc3)C2=O)cc1. The van der Waals surface area contributed by atoms with Gasteiger partial charge in [-0.2, -0.15) is 0 Å². The van der Waals surface area contributed by atoms with Crippen molar-refractivity contribution in [1.82, 2.24) is 0 Å². The average molecular weight is 490 g/mol. The Morgan fingerprint density at radius 1 is 0.800 bits per heavy atom. The van der Waals surface area contributed by atoms with Gasteiger partial charge in [0.05, 0.1) is 12.8 Å². The van der Waals surface area contributed by atoms with Crippen LogP contribution in [0.3, 0.4) is 0 Å². The lowest BCUT2D eigenvalue weighted by atomic mass is 10.1. The molecule has 1 aliphatic rings. The highest BCUT2D eigenvalue weighted by Gasteiger charge is 2.39. The lowest BCUT2D eigenvalue weighted by Gasteiger charge is -2.15. The summed E-state index contributed by atoms with van der Waals surface area (Å²) in [7, 11) is 1.52. The van der Waals surface area contributed by atoms with Crippen molar-refractivity contribution in [3.63, 3.8) is 0 Å². The number of hydrogen-bond donors (Lipinski definition) is 2. The molecule has 1 heterocycles. The predicted octanol–water partition coefficient (Wildman–Crippen LogP) is 4.59. The van der Waals surface area contributed by atoms with Gasteiger partial charge in [-0.1, -0.05) is 11.6 Å². The van der Waals surface area contributed by atoms with E-state index >= 15 is 0 Å². The fourth-order valence-electron chi connectivity index (χ4n) is 3.42. The zero-order valence-electron chi connectivity index (χ0n) is 18.8. The Hall–Kier alpha value is -4.43. The first kappa shape index (κ1) is 23.7. The first-order chi connectivity index (χ1) is 16.8. The van der Waals surface area contributed by atoms with E-state index in [1.807, 2.05) is 0 Å². The quantitative estimate of drug-likeness (QED) is 0.371. The van der Waals surface area contributed by atoms with Crippen molar-refractivity contribution in [2.75, 3.05) is 22.6 Å². The lowest BCUT2D eigenvalue weighted by Crippen LogP contribution is -2.32. The van der Waals surface area contributed by atoms with Crippen LogP contribution in [-0.2, 0) is 9.59 Å². The number of amides is 3. The lowest BCUT2D eigenvalue weighted by molar-refractivity contribution is -0.120. The van der Waals surface area contributed by atoms with Gasteiger partial charge in [-0.3, -0.25) is 19.2 Å². The van der Waals surface area contributed by atoms with Crippen LogP contribution in [0.2, 0.25) is 0 Å². The third kappa shape index (κ3) is 4.92. The molecule has 0 aromatic heterocycles. The molecule has 35 heavy (non-hydrogen) atoms. The van der Waals surface area contributed by atoms with Gasteiger partial charge in [-0.05, 0) is 79.7 Å². The number of methoxy groups -OCH3 is 1. The van der Waals surface area contributed by atoms with Gasteiger partial charge >= 0.3 is 0 Å². The minimum Gasteiger partial charge on any atom is -0.497 e. The number of imide groups is 1. The minimum absolute atomic E-state index is 0.0595. The summed E-state index contributed by atoms with van der Waals surface area (Å²) >= 11 is 6.17. The van der Waals surface area contributed by atoms with Crippen LogP contribution in [0.5, 0.6) is 5.75 Å². The Kier molecular flexibility index (Phi) is 6.66. The van der Waals surface area contributed by atoms with Gasteiger partial charge in [0.2, 0.25) is 0 Å². The molecule has 4 rings (SSSR count). The summed E-state index contributed by atoms with van der Waals surface area (Å²) in [5.41, 5.74) is 2.25. The number of halogens is 1. The maximum absolute atomic E-state index is 12.9. The maximum Gasteiger partial charge on any atom is 0.283 e. The van der Waals surface area contributed by atoms with Crippen molar-refractivity contribution in [2.45, 2.75) is 6.92 Å². The van der Waals surface area contributed by atoms with E-state index in [0.29, 0.717) is 33.9 Å². The number of anilines is 3. The minimum atomic E-state index is -0.642. The van der Waals surface area contributed by atoms with E-state index in [2.05, 4.69) is 10.6 Å². The number of Topliss-reactive ketones (excluding diaryl/α,β-unsaturated/α-hetero) is 1. The number of carbonyl (C=O) groups excluding carboxylic acids is 4. The van der Waals surface area contributed by atoms with Crippen LogP contribution in [-0.4, -0.2) is 30.6 Å². The topological polar surface area (TPSA) is 105 Å². The highest BCUT2D eigenvalue weighted by Crippen LogP contribution is 2.31. The number of hydrogen-bond acceptors (Lipinski definition) is 6. The number of nitrogens with one attached hydrogen (secondary N) is 2. The fourth-order valence-corrected chi connectivity index (χ4v) is 3.63. The predicted molar refractivity (Wildman–Crippen MR) is 133 cm³/mol. The number of ketones is 1. The molecule has 2 N–H and O–H groups in total. The van der Waals surface area contributed by atoms with Crippen molar-refractivity contribution >= 4 is 52.2 Å². The van der Waals surface area contributed by atoms with Gasteiger partial charge in [0.15, 0.2) is 5.78 Å². The molecular weight excluding hydrogens is 470 g/mol. The van der Waals surface area contributed by atoms with Gasteiger partial charge in [-0.15, -0.1) is 0 Å². The van der Waals surface area contributed by atoms with Crippen molar-refractivity contribution in [1.29, 1.82) is 0 Å². The van der Waals surface area contributed by atoms with Crippen molar-refractivity contribution in [3.8, 4) is 5.75 Å². The van der Waals surface area contributed by atoms with Crippen LogP contribution in [0.15, 0.2) is 83.5 Å². The van der Waals surface area contributed by atoms with Gasteiger partial charge in [0.25, 0.3) is 17.7 Å². The molecule has 0 atom stereocenters. The fraction of sp³-hybridized carbons (Fsp3) is 0.0769. The molecule has 0 radical (unpaired) electrons. The summed E-state index contributed by atoms with van der Waals surface area (Å²) in [6.07, 6.45) is 0. The molecule has 3 amide bonds. The second-order valence-electron chi connectivity index (χ2n) is 7.62. The Bertz CT molecular complexity index is 1350. The number of rotatable bonds is 7. The average Bonchev–Trinajstić information content (AvgIpc) is 3.07. The van der Waals surface area contributed by atoms with E-state index in [0.717, 1.165) is 4.90 Å². The van der Waals surface area contributed by atoms with E-state index in [9.17, 15) is 19.2 Å². The molecule has 1 aliphatic heterocycles. The Morgan fingerprint density at radius 3 is 1.94 bits per heavy atom. The van der Waals surface area contributed by atoms with Crippen molar-refractivity contribution in [3.05, 3.63) is 94.7 Å². The Labute approximate surface area is 206 Å². The van der Waals surface area contributed by atoms with Crippen LogP contribution >= 0.6 is 11.6 Å². The summed E-state index contributed by atoms with van der Waals surface area (Å²) in [5, 5.41) is 5.39. The summed E-state index contributed by atoms with van der Waals surface area (Å²) in [6, 6.07) is 19.3. The van der Waals surface area contributed by atoms with E-state index in [1.165, 1.54) is 14.0 Å². The van der Waals surface area contributed by atoms with Gasteiger partial charge in [0, 0.05) is 22.5 Å². The molecular formula is C26H20ClN3O5. The van der Waals surface area contributed by atoms with E-state index in [4.69, 9.17) is 16.3 Å². The largest absolute Gasteiger partial charge is 0.497 e. The zero-order chi connectivity index (χ0) is 25.1. The number of benzene rings is 3. The Morgan fingerprint density at radius 2 is 1.37 bits per heavy atom. The standard InChI is InChI=1S/C26H20ClN3O5/c1-15(31)16-3-7-19(8-4-16)29-24(32)17-5-9-18(10-6-17)28-23-22(27)25(33)30(26(23)34)20-11-13-21(35-2)14-12-20/h3-14,28H,1-2H3,(H,29,32). The monoisotopic (exact) mass is 489 g/mol. The van der Waals surface area contributed by atoms with Crippen LogP contribution in [0.1, 0.15) is 27.6 Å². The van der Waals surface area contributed by atoms with Crippen LogP contribution in [0, 0.1) is 0 Å². The molecule has 3 aromatic carbocycles. The molecule has 176 valence electrons. The molecule has 3 aromatic rings.